The first-order chi connectivity index (χ1) is 15.4. The summed E-state index contributed by atoms with van der Waals surface area (Å²) in [5, 5.41) is 15.5. The van der Waals surface area contributed by atoms with E-state index in [1.165, 1.54) is 23.9 Å². The van der Waals surface area contributed by atoms with Crippen molar-refractivity contribution in [3.8, 4) is 0 Å². The largest absolute Gasteiger partial charge is 0.368 e. The van der Waals surface area contributed by atoms with Crippen LogP contribution in [0.5, 0.6) is 0 Å². The molecule has 0 unspecified atom stereocenters. The molecule has 166 valence electrons. The van der Waals surface area contributed by atoms with E-state index in [-0.39, 0.29) is 11.6 Å². The van der Waals surface area contributed by atoms with Gasteiger partial charge in [0.15, 0.2) is 0 Å². The fraction of sp³-hybridized carbons (Fsp3) is 0.318. The molecule has 1 fully saturated rings. The van der Waals surface area contributed by atoms with Gasteiger partial charge in [-0.3, -0.25) is 14.9 Å². The molecule has 0 radical (unpaired) electrons. The lowest BCUT2D eigenvalue weighted by Crippen LogP contribution is -2.48. The van der Waals surface area contributed by atoms with E-state index in [2.05, 4.69) is 15.0 Å². The molecule has 1 aromatic carbocycles. The maximum Gasteiger partial charge on any atom is 0.269 e. The third-order valence-electron chi connectivity index (χ3n) is 5.53. The number of hydrogen-bond acceptors (Lipinski definition) is 8. The molecule has 32 heavy (non-hydrogen) atoms. The molecule has 0 atom stereocenters. The Morgan fingerprint density at radius 1 is 1.16 bits per heavy atom. The van der Waals surface area contributed by atoms with E-state index in [1.54, 1.807) is 24.4 Å². The number of carbonyl (C=O) groups excluding carboxylic acids is 1. The maximum absolute atomic E-state index is 13.2. The highest BCUT2D eigenvalue weighted by Gasteiger charge is 2.25. The van der Waals surface area contributed by atoms with Gasteiger partial charge in [-0.15, -0.1) is 11.8 Å². The number of hydrogen-bond donors (Lipinski definition) is 0. The molecule has 9 nitrogen and oxygen atoms in total. The second kappa shape index (κ2) is 9.39. The molecule has 10 heteroatoms. The zero-order chi connectivity index (χ0) is 22.7. The van der Waals surface area contributed by atoms with Crippen LogP contribution in [0, 0.1) is 24.0 Å². The molecule has 0 N–H and O–H groups in total. The van der Waals surface area contributed by atoms with Crippen molar-refractivity contribution >= 4 is 29.0 Å². The van der Waals surface area contributed by atoms with E-state index in [9.17, 15) is 14.9 Å². The molecule has 0 bridgehead atoms. The van der Waals surface area contributed by atoms with Gasteiger partial charge in [-0.05, 0) is 38.1 Å². The molecule has 0 spiro atoms. The van der Waals surface area contributed by atoms with Crippen LogP contribution in [0.25, 0.3) is 0 Å². The van der Waals surface area contributed by atoms with Gasteiger partial charge in [0.05, 0.1) is 16.2 Å². The van der Waals surface area contributed by atoms with E-state index < -0.39 is 4.92 Å². The molecule has 1 aliphatic rings. The van der Waals surface area contributed by atoms with Crippen molar-refractivity contribution in [2.24, 2.45) is 0 Å². The van der Waals surface area contributed by atoms with E-state index in [1.807, 2.05) is 24.8 Å². The normalized spacial score (nSPS) is 13.9. The lowest BCUT2D eigenvalue weighted by atomic mass is 10.2. The summed E-state index contributed by atoms with van der Waals surface area (Å²) in [7, 11) is 0. The summed E-state index contributed by atoms with van der Waals surface area (Å²) in [6.45, 7) is 6.24. The van der Waals surface area contributed by atoms with Gasteiger partial charge in [0.25, 0.3) is 11.6 Å². The maximum atomic E-state index is 13.2. The van der Waals surface area contributed by atoms with Gasteiger partial charge in [0.2, 0.25) is 0 Å². The van der Waals surface area contributed by atoms with Crippen LogP contribution in [0.15, 0.2) is 52.1 Å². The Hall–Kier alpha value is -3.40. The number of rotatable bonds is 6. The smallest absolute Gasteiger partial charge is 0.269 e. The number of carbonyl (C=O) groups is 1. The van der Waals surface area contributed by atoms with Gasteiger partial charge >= 0.3 is 0 Å². The topological polar surface area (TPSA) is 106 Å². The molecule has 3 heterocycles. The molecule has 4 rings (SSSR count). The average molecular weight is 454 g/mol. The van der Waals surface area contributed by atoms with Crippen LogP contribution in [0.1, 0.15) is 27.4 Å². The number of nitro benzene ring substituents is 1. The molecular weight excluding hydrogens is 430 g/mol. The number of nitrogens with zero attached hydrogens (tertiary/aromatic N) is 5. The monoisotopic (exact) mass is 453 g/mol. The van der Waals surface area contributed by atoms with Crippen molar-refractivity contribution in [1.29, 1.82) is 0 Å². The highest BCUT2D eigenvalue weighted by atomic mass is 32.2. The standard InChI is InChI=1S/C22H23N5O4S/c1-15-20(16(2)31-24-15)14-32-21-19(4-3-9-23-21)22(28)26-12-10-25(11-13-26)17-5-7-18(8-6-17)27(29)30/h3-9H,10-14H2,1-2H3. The third kappa shape index (κ3) is 4.59. The van der Waals surface area contributed by atoms with Crippen molar-refractivity contribution in [1.82, 2.24) is 15.0 Å². The molecule has 3 aromatic rings. The van der Waals surface area contributed by atoms with Crippen LogP contribution in [0.2, 0.25) is 0 Å². The number of aryl methyl sites for hydroxylation is 2. The molecule has 0 aliphatic carbocycles. The summed E-state index contributed by atoms with van der Waals surface area (Å²) in [6, 6.07) is 10.1. The summed E-state index contributed by atoms with van der Waals surface area (Å²) < 4.78 is 5.22. The number of amides is 1. The first-order valence-electron chi connectivity index (χ1n) is 10.2. The lowest BCUT2D eigenvalue weighted by Gasteiger charge is -2.36. The minimum Gasteiger partial charge on any atom is -0.368 e. The molecule has 2 aromatic heterocycles. The second-order valence-corrected chi connectivity index (χ2v) is 8.46. The Balaban J connectivity index is 1.40. The third-order valence-corrected chi connectivity index (χ3v) is 6.56. The summed E-state index contributed by atoms with van der Waals surface area (Å²) in [5.41, 5.74) is 3.45. The van der Waals surface area contributed by atoms with Crippen LogP contribution in [0.3, 0.4) is 0 Å². The molecule has 1 aliphatic heterocycles. The minimum absolute atomic E-state index is 0.0392. The Kier molecular flexibility index (Phi) is 6.40. The van der Waals surface area contributed by atoms with Crippen molar-refractivity contribution < 1.29 is 14.2 Å². The van der Waals surface area contributed by atoms with Crippen molar-refractivity contribution in [3.05, 3.63) is 75.3 Å². The van der Waals surface area contributed by atoms with Gasteiger partial charge < -0.3 is 14.3 Å². The van der Waals surface area contributed by atoms with E-state index in [0.29, 0.717) is 42.5 Å². The van der Waals surface area contributed by atoms with Gasteiger partial charge in [-0.2, -0.15) is 0 Å². The molecular formula is C22H23N5O4S. The SMILES string of the molecule is Cc1noc(C)c1CSc1ncccc1C(=O)N1CCN(c2ccc([N+](=O)[O-])cc2)CC1. The summed E-state index contributed by atoms with van der Waals surface area (Å²) in [6.07, 6.45) is 1.69. The van der Waals surface area contributed by atoms with Gasteiger partial charge in [0.1, 0.15) is 10.8 Å². The lowest BCUT2D eigenvalue weighted by molar-refractivity contribution is -0.384. The number of aromatic nitrogens is 2. The van der Waals surface area contributed by atoms with E-state index in [4.69, 9.17) is 4.52 Å². The zero-order valence-electron chi connectivity index (χ0n) is 17.9. The van der Waals surface area contributed by atoms with E-state index in [0.717, 1.165) is 22.7 Å². The van der Waals surface area contributed by atoms with Crippen LogP contribution in [-0.2, 0) is 5.75 Å². The van der Waals surface area contributed by atoms with Gasteiger partial charge in [-0.1, -0.05) is 5.16 Å². The Morgan fingerprint density at radius 2 is 1.88 bits per heavy atom. The van der Waals surface area contributed by atoms with E-state index >= 15 is 0 Å². The van der Waals surface area contributed by atoms with Crippen LogP contribution >= 0.6 is 11.8 Å². The average Bonchev–Trinajstić information content (AvgIpc) is 3.14. The van der Waals surface area contributed by atoms with Crippen molar-refractivity contribution in [3.63, 3.8) is 0 Å². The highest BCUT2D eigenvalue weighted by molar-refractivity contribution is 7.98. The predicted octanol–water partition coefficient (Wildman–Crippen LogP) is 3.85. The highest BCUT2D eigenvalue weighted by Crippen LogP contribution is 2.28. The zero-order valence-corrected chi connectivity index (χ0v) is 18.7. The fourth-order valence-electron chi connectivity index (χ4n) is 3.64. The number of non-ortho nitro benzene ring substituents is 1. The molecule has 0 saturated carbocycles. The number of benzene rings is 1. The first kappa shape index (κ1) is 21.8. The summed E-state index contributed by atoms with van der Waals surface area (Å²) >= 11 is 1.50. The summed E-state index contributed by atoms with van der Waals surface area (Å²) in [4.78, 5) is 32.1. The number of pyridine rings is 1. The Bertz CT molecular complexity index is 1100. The van der Waals surface area contributed by atoms with Crippen molar-refractivity contribution in [2.45, 2.75) is 24.6 Å². The number of nitro groups is 1. The van der Waals surface area contributed by atoms with Crippen LogP contribution in [-0.4, -0.2) is 52.1 Å². The second-order valence-electron chi connectivity index (χ2n) is 7.50. The minimum atomic E-state index is -0.407. The van der Waals surface area contributed by atoms with Crippen molar-refractivity contribution in [2.75, 3.05) is 31.1 Å². The molecule has 1 saturated heterocycles. The van der Waals surface area contributed by atoms with Gasteiger partial charge in [-0.25, -0.2) is 4.98 Å². The number of piperazine rings is 1. The first-order valence-corrected chi connectivity index (χ1v) is 11.2. The van der Waals surface area contributed by atoms with Gasteiger partial charge in [0, 0.05) is 61.5 Å². The Labute approximate surface area is 189 Å². The number of anilines is 1. The molecule has 1 amide bonds. The summed E-state index contributed by atoms with van der Waals surface area (Å²) in [5.74, 6) is 1.37. The number of thioether (sulfide) groups is 1. The van der Waals surface area contributed by atoms with Crippen LogP contribution in [0.4, 0.5) is 11.4 Å². The van der Waals surface area contributed by atoms with Crippen LogP contribution < -0.4 is 4.90 Å². The fourth-order valence-corrected chi connectivity index (χ4v) is 4.78. The predicted molar refractivity (Wildman–Crippen MR) is 121 cm³/mol. The Morgan fingerprint density at radius 3 is 2.50 bits per heavy atom. The quantitative estimate of drug-likeness (QED) is 0.315.